The van der Waals surface area contributed by atoms with E-state index in [1.54, 1.807) is 51.1 Å². The second-order valence-electron chi connectivity index (χ2n) is 7.30. The average Bonchev–Trinajstić information content (AvgIpc) is 3.24. The molecule has 0 fully saturated rings. The minimum absolute atomic E-state index is 0.195. The smallest absolute Gasteiger partial charge is 0.284 e. The summed E-state index contributed by atoms with van der Waals surface area (Å²) in [5.74, 6) is -0.575. The molecule has 0 radical (unpaired) electrons. The maximum atomic E-state index is 14.3. The van der Waals surface area contributed by atoms with E-state index in [9.17, 15) is 9.18 Å². The summed E-state index contributed by atoms with van der Waals surface area (Å²) in [6.07, 6.45) is 0.197. The first-order valence-electron chi connectivity index (χ1n) is 9.64. The average molecular weight is 493 g/mol. The van der Waals surface area contributed by atoms with Gasteiger partial charge >= 0.3 is 0 Å². The van der Waals surface area contributed by atoms with Crippen LogP contribution in [0.15, 0.2) is 40.9 Å². The number of halogens is 4. The molecule has 0 aliphatic carbocycles. The highest BCUT2D eigenvalue weighted by molar-refractivity contribution is 6.39. The summed E-state index contributed by atoms with van der Waals surface area (Å²) in [6, 6.07) is 9.52. The van der Waals surface area contributed by atoms with Gasteiger partial charge in [0.05, 0.1) is 15.7 Å². The third-order valence-electron chi connectivity index (χ3n) is 5.32. The Labute approximate surface area is 198 Å². The van der Waals surface area contributed by atoms with Crippen LogP contribution in [0.1, 0.15) is 38.6 Å². The van der Waals surface area contributed by atoms with E-state index in [1.807, 2.05) is 0 Å². The Morgan fingerprint density at radius 1 is 1.00 bits per heavy atom. The number of hydrogen-bond donors (Lipinski definition) is 0. The molecule has 2 aromatic heterocycles. The quantitative estimate of drug-likeness (QED) is 0.313. The Morgan fingerprint density at radius 3 is 2.28 bits per heavy atom. The summed E-state index contributed by atoms with van der Waals surface area (Å²) >= 11 is 18.9. The van der Waals surface area contributed by atoms with Gasteiger partial charge in [0.2, 0.25) is 0 Å². The van der Waals surface area contributed by atoms with Crippen LogP contribution in [0.3, 0.4) is 0 Å². The summed E-state index contributed by atoms with van der Waals surface area (Å²) < 4.78 is 20.9. The van der Waals surface area contributed by atoms with Crippen LogP contribution in [0, 0.1) is 26.6 Å². The van der Waals surface area contributed by atoms with Crippen LogP contribution >= 0.6 is 34.8 Å². The van der Waals surface area contributed by atoms with Crippen LogP contribution in [-0.2, 0) is 6.42 Å². The zero-order valence-electron chi connectivity index (χ0n) is 17.3. The zero-order chi connectivity index (χ0) is 23.2. The Balaban J connectivity index is 1.80. The highest BCUT2D eigenvalue weighted by Gasteiger charge is 2.28. The number of hydrogen-bond acceptors (Lipinski definition) is 4. The molecular weight excluding hydrogens is 476 g/mol. The van der Waals surface area contributed by atoms with Crippen molar-refractivity contribution in [2.45, 2.75) is 27.2 Å². The van der Waals surface area contributed by atoms with Crippen LogP contribution in [0.4, 0.5) is 4.39 Å². The molecule has 0 saturated carbocycles. The SMILES string of the molecule is Cc1nn(C(=O)c2c(-c3c(Cl)cccc3Cl)noc2C)c(C)c1Cc1c(F)cccc1Cl. The van der Waals surface area contributed by atoms with E-state index in [-0.39, 0.29) is 17.7 Å². The third-order valence-corrected chi connectivity index (χ3v) is 6.31. The van der Waals surface area contributed by atoms with Gasteiger partial charge in [0.1, 0.15) is 22.8 Å². The van der Waals surface area contributed by atoms with Crippen molar-refractivity contribution in [1.29, 1.82) is 0 Å². The number of aromatic nitrogens is 3. The third kappa shape index (κ3) is 3.83. The van der Waals surface area contributed by atoms with Gasteiger partial charge in [0.25, 0.3) is 5.91 Å². The largest absolute Gasteiger partial charge is 0.360 e. The first kappa shape index (κ1) is 22.5. The standard InChI is InChI=1S/C23H17Cl3FN3O2/c1-11-14(10-15-16(24)6-5-9-19(15)27)12(2)30(28-11)23(31)20-13(3)32-29-22(20)21-17(25)7-4-8-18(21)26/h4-9H,10H2,1-3H3. The maximum Gasteiger partial charge on any atom is 0.284 e. The molecule has 164 valence electrons. The van der Waals surface area contributed by atoms with Gasteiger partial charge in [-0.1, -0.05) is 52.1 Å². The molecule has 0 amide bonds. The number of carbonyl (C=O) groups is 1. The highest BCUT2D eigenvalue weighted by atomic mass is 35.5. The molecule has 0 aliphatic rings. The topological polar surface area (TPSA) is 60.9 Å². The normalized spacial score (nSPS) is 11.2. The zero-order valence-corrected chi connectivity index (χ0v) is 19.6. The molecule has 0 unspecified atom stereocenters. The van der Waals surface area contributed by atoms with Crippen molar-refractivity contribution in [2.24, 2.45) is 0 Å². The van der Waals surface area contributed by atoms with Crippen LogP contribution < -0.4 is 0 Å². The summed E-state index contributed by atoms with van der Waals surface area (Å²) in [5, 5.41) is 9.43. The summed E-state index contributed by atoms with van der Waals surface area (Å²) in [5.41, 5.74) is 3.02. The number of nitrogens with zero attached hydrogens (tertiary/aromatic N) is 3. The van der Waals surface area contributed by atoms with Crippen molar-refractivity contribution in [3.05, 3.63) is 91.1 Å². The fourth-order valence-corrected chi connectivity index (χ4v) is 4.44. The molecule has 0 saturated heterocycles. The van der Waals surface area contributed by atoms with E-state index in [0.29, 0.717) is 48.9 Å². The lowest BCUT2D eigenvalue weighted by atomic mass is 10.0. The molecule has 32 heavy (non-hydrogen) atoms. The molecule has 0 spiro atoms. The van der Waals surface area contributed by atoms with Gasteiger partial charge in [-0.15, -0.1) is 0 Å². The Bertz CT molecular complexity index is 1320. The molecule has 4 rings (SSSR count). The molecule has 5 nitrogen and oxygen atoms in total. The van der Waals surface area contributed by atoms with E-state index in [0.717, 1.165) is 0 Å². The molecule has 4 aromatic rings. The molecule has 0 N–H and O–H groups in total. The number of aryl methyl sites for hydroxylation is 2. The second-order valence-corrected chi connectivity index (χ2v) is 8.52. The molecule has 0 atom stereocenters. The molecule has 2 heterocycles. The summed E-state index contributed by atoms with van der Waals surface area (Å²) in [4.78, 5) is 13.5. The first-order valence-corrected chi connectivity index (χ1v) is 10.8. The number of benzene rings is 2. The van der Waals surface area contributed by atoms with Crippen LogP contribution in [0.2, 0.25) is 15.1 Å². The Hall–Kier alpha value is -2.67. The van der Waals surface area contributed by atoms with E-state index in [2.05, 4.69) is 10.3 Å². The fourth-order valence-electron chi connectivity index (χ4n) is 3.63. The molecule has 0 aliphatic heterocycles. The Morgan fingerprint density at radius 2 is 1.62 bits per heavy atom. The van der Waals surface area contributed by atoms with Crippen molar-refractivity contribution >= 4 is 40.7 Å². The predicted octanol–water partition coefficient (Wildman–Crippen LogP) is 6.84. The van der Waals surface area contributed by atoms with Crippen LogP contribution in [0.5, 0.6) is 0 Å². The Kier molecular flexibility index (Phi) is 6.12. The number of rotatable bonds is 4. The lowest BCUT2D eigenvalue weighted by Crippen LogP contribution is -2.17. The van der Waals surface area contributed by atoms with E-state index in [4.69, 9.17) is 39.3 Å². The maximum absolute atomic E-state index is 14.3. The minimum atomic E-state index is -0.457. The molecule has 2 aromatic carbocycles. The monoisotopic (exact) mass is 491 g/mol. The fraction of sp³-hybridized carbons (Fsp3) is 0.174. The first-order chi connectivity index (χ1) is 15.2. The van der Waals surface area contributed by atoms with Gasteiger partial charge in [-0.2, -0.15) is 5.10 Å². The summed E-state index contributed by atoms with van der Waals surface area (Å²) in [6.45, 7) is 5.13. The van der Waals surface area contributed by atoms with Crippen molar-refractivity contribution < 1.29 is 13.7 Å². The van der Waals surface area contributed by atoms with Gasteiger partial charge in [-0.25, -0.2) is 9.07 Å². The molecular formula is C23H17Cl3FN3O2. The van der Waals surface area contributed by atoms with Gasteiger partial charge in [0.15, 0.2) is 0 Å². The van der Waals surface area contributed by atoms with Crippen molar-refractivity contribution in [3.63, 3.8) is 0 Å². The van der Waals surface area contributed by atoms with Gasteiger partial charge < -0.3 is 4.52 Å². The van der Waals surface area contributed by atoms with Crippen molar-refractivity contribution in [3.8, 4) is 11.3 Å². The molecule has 0 bridgehead atoms. The minimum Gasteiger partial charge on any atom is -0.360 e. The van der Waals surface area contributed by atoms with Gasteiger partial charge in [-0.3, -0.25) is 4.79 Å². The van der Waals surface area contributed by atoms with Gasteiger partial charge in [-0.05, 0) is 45.0 Å². The summed E-state index contributed by atoms with van der Waals surface area (Å²) in [7, 11) is 0. The van der Waals surface area contributed by atoms with Gasteiger partial charge in [0, 0.05) is 33.8 Å². The predicted molar refractivity (Wildman–Crippen MR) is 122 cm³/mol. The van der Waals surface area contributed by atoms with E-state index < -0.39 is 11.7 Å². The lowest BCUT2D eigenvalue weighted by Gasteiger charge is -2.08. The van der Waals surface area contributed by atoms with Crippen molar-refractivity contribution in [2.75, 3.05) is 0 Å². The second kappa shape index (κ2) is 8.70. The van der Waals surface area contributed by atoms with E-state index >= 15 is 0 Å². The number of carbonyl (C=O) groups excluding carboxylic acids is 1. The van der Waals surface area contributed by atoms with Crippen LogP contribution in [-0.4, -0.2) is 20.8 Å². The van der Waals surface area contributed by atoms with E-state index in [1.165, 1.54) is 10.7 Å². The van der Waals surface area contributed by atoms with Crippen molar-refractivity contribution in [1.82, 2.24) is 14.9 Å². The molecule has 9 heteroatoms. The highest BCUT2D eigenvalue weighted by Crippen LogP contribution is 2.37. The lowest BCUT2D eigenvalue weighted by molar-refractivity contribution is 0.0941. The van der Waals surface area contributed by atoms with Crippen LogP contribution in [0.25, 0.3) is 11.3 Å².